The average molecular weight is 438 g/mol. The van der Waals surface area contributed by atoms with Crippen LogP contribution in [-0.2, 0) is 16.8 Å². The first kappa shape index (κ1) is 19.0. The molecule has 1 aliphatic rings. The molecule has 0 N–H and O–H groups in total. The minimum Gasteiger partial charge on any atom is -0.457 e. The molecule has 2 aromatic rings. The van der Waals surface area contributed by atoms with Gasteiger partial charge < -0.3 is 4.74 Å². The normalized spacial score (nSPS) is 16.2. The zero-order valence-electron chi connectivity index (χ0n) is 14.5. The lowest BCUT2D eigenvalue weighted by Gasteiger charge is -2.34. The van der Waals surface area contributed by atoms with Gasteiger partial charge in [-0.25, -0.2) is 4.79 Å². The number of carbonyl (C=O) groups is 1. The van der Waals surface area contributed by atoms with Crippen molar-refractivity contribution in [3.8, 4) is 0 Å². The highest BCUT2D eigenvalue weighted by Crippen LogP contribution is 2.39. The largest absolute Gasteiger partial charge is 0.457 e. The van der Waals surface area contributed by atoms with Gasteiger partial charge >= 0.3 is 5.97 Å². The molecule has 0 bridgehead atoms. The van der Waals surface area contributed by atoms with Gasteiger partial charge in [0.15, 0.2) is 0 Å². The van der Waals surface area contributed by atoms with Gasteiger partial charge in [-0.3, -0.25) is 10.1 Å². The lowest BCUT2D eigenvalue weighted by molar-refractivity contribution is -0.385. The van der Waals surface area contributed by atoms with Crippen molar-refractivity contribution in [3.63, 3.8) is 0 Å². The average Bonchev–Trinajstić information content (AvgIpc) is 3.03. The molecule has 0 spiro atoms. The van der Waals surface area contributed by atoms with E-state index in [9.17, 15) is 14.9 Å². The third-order valence-corrected chi connectivity index (χ3v) is 6.83. The molecule has 0 amide bonds. The second-order valence-corrected chi connectivity index (χ2v) is 9.29. The van der Waals surface area contributed by atoms with Crippen molar-refractivity contribution < 1.29 is 14.5 Å². The summed E-state index contributed by atoms with van der Waals surface area (Å²) in [5, 5.41) is 10.9. The number of carbonyl (C=O) groups excluding carboxylic acids is 1. The Morgan fingerprint density at radius 2 is 1.92 bits per heavy atom. The van der Waals surface area contributed by atoms with Crippen LogP contribution in [0, 0.1) is 10.1 Å². The van der Waals surface area contributed by atoms with E-state index < -0.39 is 10.9 Å². The Morgan fingerprint density at radius 1 is 1.27 bits per heavy atom. The van der Waals surface area contributed by atoms with E-state index >= 15 is 0 Å². The molecule has 7 heteroatoms. The van der Waals surface area contributed by atoms with Crippen LogP contribution in [0.2, 0.25) is 0 Å². The predicted octanol–water partition coefficient (Wildman–Crippen LogP) is 6.00. The number of benzene rings is 1. The Bertz CT molecular complexity index is 809. The minimum atomic E-state index is -0.549. The molecular formula is C19H20BrNO4S. The van der Waals surface area contributed by atoms with Crippen LogP contribution in [0.3, 0.4) is 0 Å². The third-order valence-electron chi connectivity index (χ3n) is 5.04. The Morgan fingerprint density at radius 3 is 2.50 bits per heavy atom. The first-order chi connectivity index (χ1) is 12.4. The number of nitrogens with zero attached hydrogens (tertiary/aromatic N) is 1. The Balaban J connectivity index is 1.62. The summed E-state index contributed by atoms with van der Waals surface area (Å²) in [6.45, 7) is 2.47. The van der Waals surface area contributed by atoms with E-state index in [0.29, 0.717) is 3.79 Å². The summed E-state index contributed by atoms with van der Waals surface area (Å²) in [5.74, 6) is -0.549. The Kier molecular flexibility index (Phi) is 5.77. The van der Waals surface area contributed by atoms with Crippen LogP contribution in [0.1, 0.15) is 59.8 Å². The molecule has 0 saturated heterocycles. The van der Waals surface area contributed by atoms with E-state index in [1.807, 2.05) is 12.1 Å². The van der Waals surface area contributed by atoms with E-state index in [1.165, 1.54) is 43.7 Å². The minimum absolute atomic E-state index is 0.118. The van der Waals surface area contributed by atoms with Crippen molar-refractivity contribution in [2.75, 3.05) is 0 Å². The smallest absolute Gasteiger partial charge is 0.348 e. The number of halogens is 1. The summed E-state index contributed by atoms with van der Waals surface area (Å²) < 4.78 is 5.62. The van der Waals surface area contributed by atoms with Crippen molar-refractivity contribution in [2.24, 2.45) is 0 Å². The van der Waals surface area contributed by atoms with Crippen molar-refractivity contribution in [1.82, 2.24) is 0 Å². The number of thiophene rings is 1. The molecule has 5 nitrogen and oxygen atoms in total. The van der Waals surface area contributed by atoms with Crippen LogP contribution in [0.4, 0.5) is 5.69 Å². The number of ether oxygens (including phenoxy) is 1. The Labute approximate surface area is 164 Å². The quantitative estimate of drug-likeness (QED) is 0.326. The summed E-state index contributed by atoms with van der Waals surface area (Å²) in [6.07, 6.45) is 6.30. The van der Waals surface area contributed by atoms with E-state index in [4.69, 9.17) is 4.74 Å². The topological polar surface area (TPSA) is 69.4 Å². The van der Waals surface area contributed by atoms with E-state index in [1.54, 1.807) is 0 Å². The molecule has 0 radical (unpaired) electrons. The van der Waals surface area contributed by atoms with Gasteiger partial charge in [-0.2, -0.15) is 0 Å². The van der Waals surface area contributed by atoms with Gasteiger partial charge in [-0.1, -0.05) is 50.5 Å². The first-order valence-electron chi connectivity index (χ1n) is 8.59. The van der Waals surface area contributed by atoms with Gasteiger partial charge in [0.2, 0.25) is 0 Å². The molecule has 3 rings (SSSR count). The Hall–Kier alpha value is -1.73. The molecule has 138 valence electrons. The molecule has 1 aromatic carbocycles. The maximum atomic E-state index is 12.1. The highest BCUT2D eigenvalue weighted by Gasteiger charge is 2.28. The third kappa shape index (κ3) is 4.15. The van der Waals surface area contributed by atoms with E-state index in [2.05, 4.69) is 35.0 Å². The van der Waals surface area contributed by atoms with E-state index in [-0.39, 0.29) is 22.6 Å². The van der Waals surface area contributed by atoms with Crippen molar-refractivity contribution in [3.05, 3.63) is 60.2 Å². The van der Waals surface area contributed by atoms with Gasteiger partial charge in [0.25, 0.3) is 5.69 Å². The summed E-state index contributed by atoms with van der Waals surface area (Å²) >= 11 is 4.11. The van der Waals surface area contributed by atoms with Gasteiger partial charge in [-0.05, 0) is 45.3 Å². The van der Waals surface area contributed by atoms with Crippen LogP contribution in [0.5, 0.6) is 0 Å². The molecule has 1 fully saturated rings. The SMILES string of the molecule is CC1(c2ccc(COC(=O)c3cc([N+](=O)[O-])c(Br)s3)cc2)CCCCC1. The summed E-state index contributed by atoms with van der Waals surface area (Å²) in [5.41, 5.74) is 2.37. The fourth-order valence-electron chi connectivity index (χ4n) is 3.43. The van der Waals surface area contributed by atoms with Gasteiger partial charge in [-0.15, -0.1) is 11.3 Å². The fourth-order valence-corrected chi connectivity index (χ4v) is 4.95. The number of esters is 1. The monoisotopic (exact) mass is 437 g/mol. The number of hydrogen-bond acceptors (Lipinski definition) is 5. The second-order valence-electron chi connectivity index (χ2n) is 6.92. The van der Waals surface area contributed by atoms with Gasteiger partial charge in [0, 0.05) is 6.07 Å². The summed E-state index contributed by atoms with van der Waals surface area (Å²) in [7, 11) is 0. The molecule has 0 unspecified atom stereocenters. The zero-order chi connectivity index (χ0) is 18.7. The lowest BCUT2D eigenvalue weighted by atomic mass is 9.71. The van der Waals surface area contributed by atoms with Crippen molar-refractivity contribution >= 4 is 38.9 Å². The zero-order valence-corrected chi connectivity index (χ0v) is 16.9. The standard InChI is InChI=1S/C19H20BrNO4S/c1-19(9-3-2-4-10-19)14-7-5-13(6-8-14)12-25-18(22)16-11-15(21(23)24)17(20)26-16/h5-8,11H,2-4,9-10,12H2,1H3. The summed E-state index contributed by atoms with van der Waals surface area (Å²) in [6, 6.07) is 9.48. The van der Waals surface area contributed by atoms with Gasteiger partial charge in [0.1, 0.15) is 15.3 Å². The number of hydrogen-bond donors (Lipinski definition) is 0. The maximum absolute atomic E-state index is 12.1. The molecule has 1 aliphatic carbocycles. The fraction of sp³-hybridized carbons (Fsp3) is 0.421. The van der Waals surface area contributed by atoms with Crippen LogP contribution < -0.4 is 0 Å². The molecular weight excluding hydrogens is 418 g/mol. The van der Waals surface area contributed by atoms with Crippen molar-refractivity contribution in [2.45, 2.75) is 51.0 Å². The summed E-state index contributed by atoms with van der Waals surface area (Å²) in [4.78, 5) is 22.7. The first-order valence-corrected chi connectivity index (χ1v) is 10.2. The maximum Gasteiger partial charge on any atom is 0.348 e. The highest BCUT2D eigenvalue weighted by molar-refractivity contribution is 9.11. The van der Waals surface area contributed by atoms with Gasteiger partial charge in [0.05, 0.1) is 4.92 Å². The second kappa shape index (κ2) is 7.88. The number of rotatable bonds is 5. The molecule has 1 saturated carbocycles. The van der Waals surface area contributed by atoms with Crippen LogP contribution >= 0.6 is 27.3 Å². The number of nitro groups is 1. The molecule has 1 heterocycles. The van der Waals surface area contributed by atoms with Crippen LogP contribution in [0.25, 0.3) is 0 Å². The van der Waals surface area contributed by atoms with Crippen molar-refractivity contribution in [1.29, 1.82) is 0 Å². The van der Waals surface area contributed by atoms with Crippen LogP contribution in [0.15, 0.2) is 34.1 Å². The highest BCUT2D eigenvalue weighted by atomic mass is 79.9. The lowest BCUT2D eigenvalue weighted by Crippen LogP contribution is -2.24. The van der Waals surface area contributed by atoms with Crippen LogP contribution in [-0.4, -0.2) is 10.9 Å². The predicted molar refractivity (Wildman–Crippen MR) is 105 cm³/mol. The molecule has 26 heavy (non-hydrogen) atoms. The molecule has 0 atom stereocenters. The van der Waals surface area contributed by atoms with E-state index in [0.717, 1.165) is 16.9 Å². The molecule has 1 aromatic heterocycles. The molecule has 0 aliphatic heterocycles.